The summed E-state index contributed by atoms with van der Waals surface area (Å²) in [6.45, 7) is 1.19. The van der Waals surface area contributed by atoms with E-state index in [0.29, 0.717) is 19.0 Å². The molecule has 0 saturated carbocycles. The zero-order chi connectivity index (χ0) is 11.6. The van der Waals surface area contributed by atoms with Crippen molar-refractivity contribution in [2.75, 3.05) is 13.2 Å². The third kappa shape index (κ3) is 3.43. The predicted octanol–water partition coefficient (Wildman–Crippen LogP) is -1.32. The quantitative estimate of drug-likeness (QED) is 0.646. The second kappa shape index (κ2) is 6.17. The Kier molecular flexibility index (Phi) is 5.43. The van der Waals surface area contributed by atoms with Crippen LogP contribution in [0.1, 0.15) is 5.56 Å². The van der Waals surface area contributed by atoms with Gasteiger partial charge in [-0.25, -0.2) is 13.4 Å². The number of hydrogen-bond donors (Lipinski definition) is 0. The van der Waals surface area contributed by atoms with E-state index >= 15 is 0 Å². The van der Waals surface area contributed by atoms with Gasteiger partial charge < -0.3 is 8.98 Å². The number of nitrogens with zero attached hydrogens (tertiary/aromatic N) is 2. The first-order chi connectivity index (χ1) is 7.63. The normalized spacial score (nSPS) is 14.8. The fourth-order valence-corrected chi connectivity index (χ4v) is 2.12. The summed E-state index contributed by atoms with van der Waals surface area (Å²) in [4.78, 5) is 4.16. The Balaban J connectivity index is 0.00000144. The molecule has 0 aliphatic carbocycles. The monoisotopic (exact) mass is 282 g/mol. The maximum absolute atomic E-state index is 11.3. The molecule has 1 aromatic carbocycles. The summed E-state index contributed by atoms with van der Waals surface area (Å²) in [5.41, 5.74) is 0.742. The fourth-order valence-electron chi connectivity index (χ4n) is 1.32. The molecule has 0 radical (unpaired) electrons. The SMILES string of the molecule is O=S(=O)([N-]Cl)c1ccc(C2=NCCO2)cc1.[Na+]. The Hall–Kier alpha value is -0.110. The van der Waals surface area contributed by atoms with Crippen LogP contribution >= 0.6 is 11.8 Å². The summed E-state index contributed by atoms with van der Waals surface area (Å²) in [5.74, 6) is 0.534. The molecular weight excluding hydrogens is 275 g/mol. The molecular formula is C9H8ClN2NaO3S. The Morgan fingerprint density at radius 1 is 1.29 bits per heavy atom. The molecule has 0 saturated heterocycles. The summed E-state index contributed by atoms with van der Waals surface area (Å²) >= 11 is 4.98. The van der Waals surface area contributed by atoms with Gasteiger partial charge in [0.15, 0.2) is 0 Å². The maximum atomic E-state index is 11.3. The van der Waals surface area contributed by atoms with Crippen LogP contribution in [0.2, 0.25) is 0 Å². The van der Waals surface area contributed by atoms with E-state index < -0.39 is 10.0 Å². The van der Waals surface area contributed by atoms with Gasteiger partial charge >= 0.3 is 29.6 Å². The van der Waals surface area contributed by atoms with Crippen LogP contribution < -0.4 is 29.6 Å². The molecule has 0 atom stereocenters. The molecule has 1 aromatic rings. The minimum absolute atomic E-state index is 0. The molecule has 2 rings (SSSR count). The van der Waals surface area contributed by atoms with Crippen molar-refractivity contribution in [3.63, 3.8) is 0 Å². The first-order valence-electron chi connectivity index (χ1n) is 4.49. The van der Waals surface area contributed by atoms with Crippen LogP contribution in [0, 0.1) is 0 Å². The Labute approximate surface area is 127 Å². The van der Waals surface area contributed by atoms with Gasteiger partial charge in [-0.05, 0) is 24.3 Å². The van der Waals surface area contributed by atoms with Gasteiger partial charge in [0.2, 0.25) is 5.90 Å². The van der Waals surface area contributed by atoms with Gasteiger partial charge in [-0.1, -0.05) is 0 Å². The van der Waals surface area contributed by atoms with E-state index in [9.17, 15) is 8.42 Å². The zero-order valence-electron chi connectivity index (χ0n) is 9.13. The van der Waals surface area contributed by atoms with Crippen LogP contribution in [0.3, 0.4) is 0 Å². The predicted molar refractivity (Wildman–Crippen MR) is 60.2 cm³/mol. The zero-order valence-corrected chi connectivity index (χ0v) is 12.7. The van der Waals surface area contributed by atoms with Crippen molar-refractivity contribution in [1.82, 2.24) is 0 Å². The van der Waals surface area contributed by atoms with E-state index in [4.69, 9.17) is 16.5 Å². The van der Waals surface area contributed by atoms with Crippen molar-refractivity contribution in [3.8, 4) is 0 Å². The number of rotatable bonds is 3. The first-order valence-corrected chi connectivity index (χ1v) is 6.27. The van der Waals surface area contributed by atoms with E-state index in [1.165, 1.54) is 12.1 Å². The Bertz CT molecular complexity index is 516. The molecule has 1 aliphatic heterocycles. The third-order valence-corrected chi connectivity index (χ3v) is 3.67. The number of aliphatic imine (C=N–C) groups is 1. The summed E-state index contributed by atoms with van der Waals surface area (Å²) < 4.78 is 30.6. The molecule has 5 nitrogen and oxygen atoms in total. The van der Waals surface area contributed by atoms with Crippen LogP contribution in [0.4, 0.5) is 0 Å². The van der Waals surface area contributed by atoms with E-state index in [0.717, 1.165) is 5.56 Å². The molecule has 17 heavy (non-hydrogen) atoms. The average Bonchev–Trinajstić information content (AvgIpc) is 2.83. The fraction of sp³-hybridized carbons (Fsp3) is 0.222. The molecule has 1 heterocycles. The number of hydrogen-bond acceptors (Lipinski definition) is 4. The molecule has 1 aliphatic rings. The van der Waals surface area contributed by atoms with E-state index in [1.54, 1.807) is 12.1 Å². The molecule has 86 valence electrons. The van der Waals surface area contributed by atoms with E-state index in [-0.39, 0.29) is 34.5 Å². The first kappa shape index (κ1) is 14.9. The molecule has 0 aromatic heterocycles. The second-order valence-corrected chi connectivity index (χ2v) is 5.08. The standard InChI is InChI=1S/C9H8ClN2O3S.Na/c10-12-16(13,14)8-3-1-7(2-4-8)9-11-5-6-15-9;/h1-4H,5-6H2;/q-1;+1. The largest absolute Gasteiger partial charge is 1.00 e. The third-order valence-electron chi connectivity index (χ3n) is 2.08. The molecule has 8 heteroatoms. The number of sulfonamides is 1. The molecule has 0 unspecified atom stereocenters. The van der Waals surface area contributed by atoms with Crippen LogP contribution in [0.15, 0.2) is 34.2 Å². The van der Waals surface area contributed by atoms with E-state index in [2.05, 4.69) is 9.23 Å². The van der Waals surface area contributed by atoms with Crippen molar-refractivity contribution >= 4 is 27.7 Å². The minimum Gasteiger partial charge on any atom is -0.476 e. The van der Waals surface area contributed by atoms with E-state index in [1.807, 2.05) is 0 Å². The molecule has 0 fully saturated rings. The van der Waals surface area contributed by atoms with Gasteiger partial charge in [-0.15, -0.1) is 0 Å². The van der Waals surface area contributed by atoms with Crippen molar-refractivity contribution in [2.45, 2.75) is 4.90 Å². The van der Waals surface area contributed by atoms with Crippen LogP contribution in [-0.2, 0) is 14.8 Å². The van der Waals surface area contributed by atoms with Gasteiger partial charge in [0.25, 0.3) is 0 Å². The van der Waals surface area contributed by atoms with Crippen LogP contribution in [-0.4, -0.2) is 27.5 Å². The summed E-state index contributed by atoms with van der Waals surface area (Å²) in [6, 6.07) is 6.06. The maximum Gasteiger partial charge on any atom is 1.00 e. The summed E-state index contributed by atoms with van der Waals surface area (Å²) in [6.07, 6.45) is 0. The van der Waals surface area contributed by atoms with Crippen molar-refractivity contribution in [2.24, 2.45) is 4.99 Å². The van der Waals surface area contributed by atoms with Crippen molar-refractivity contribution in [1.29, 1.82) is 0 Å². The topological polar surface area (TPSA) is 69.8 Å². The molecule has 0 N–H and O–H groups in total. The Morgan fingerprint density at radius 3 is 2.41 bits per heavy atom. The smallest absolute Gasteiger partial charge is 0.476 e. The average molecular weight is 283 g/mol. The minimum atomic E-state index is -3.73. The van der Waals surface area contributed by atoms with Crippen molar-refractivity contribution < 1.29 is 42.7 Å². The van der Waals surface area contributed by atoms with Crippen LogP contribution in [0.25, 0.3) is 4.24 Å². The number of halogens is 1. The molecule has 0 amide bonds. The molecule has 0 bridgehead atoms. The number of ether oxygens (including phenoxy) is 1. The van der Waals surface area contributed by atoms with Crippen molar-refractivity contribution in [3.05, 3.63) is 34.1 Å². The Morgan fingerprint density at radius 2 is 1.94 bits per heavy atom. The van der Waals surface area contributed by atoms with Gasteiger partial charge in [-0.2, -0.15) is 0 Å². The second-order valence-electron chi connectivity index (χ2n) is 3.10. The summed E-state index contributed by atoms with van der Waals surface area (Å²) in [7, 11) is -3.73. The van der Waals surface area contributed by atoms with Gasteiger partial charge in [0.1, 0.15) is 16.6 Å². The van der Waals surface area contributed by atoms with Gasteiger partial charge in [0, 0.05) is 10.5 Å². The number of benzene rings is 1. The molecule has 0 spiro atoms. The summed E-state index contributed by atoms with van der Waals surface area (Å²) in [5, 5.41) is 0. The van der Waals surface area contributed by atoms with Gasteiger partial charge in [-0.3, -0.25) is 11.8 Å². The van der Waals surface area contributed by atoms with Gasteiger partial charge in [0.05, 0.1) is 6.54 Å². The van der Waals surface area contributed by atoms with Crippen LogP contribution in [0.5, 0.6) is 0 Å².